The Hall–Kier alpha value is -1.14. The fraction of sp³-hybridized carbons (Fsp3) is 0.417. The zero-order chi connectivity index (χ0) is 12.8. The maximum atomic E-state index is 11.6. The van der Waals surface area contributed by atoms with Crippen molar-refractivity contribution in [2.75, 3.05) is 11.5 Å². The molecule has 96 valence electrons. The molecule has 1 N–H and O–H groups in total. The Morgan fingerprint density at radius 1 is 1.28 bits per heavy atom. The molecule has 2 aliphatic heterocycles. The number of nitrogens with one attached hydrogen (secondary N) is 1. The molecule has 2 saturated heterocycles. The van der Waals surface area contributed by atoms with E-state index in [2.05, 4.69) is 5.32 Å². The predicted molar refractivity (Wildman–Crippen MR) is 73.9 cm³/mol. The third-order valence-electron chi connectivity index (χ3n) is 3.49. The van der Waals surface area contributed by atoms with Crippen molar-refractivity contribution in [3.05, 3.63) is 35.9 Å². The lowest BCUT2D eigenvalue weighted by atomic mass is 10.1. The molecule has 2 atom stereocenters. The molecule has 0 unspecified atom stereocenters. The minimum absolute atomic E-state index is 0.0114. The van der Waals surface area contributed by atoms with Gasteiger partial charge in [-0.05, 0) is 17.8 Å². The van der Waals surface area contributed by atoms with Crippen molar-refractivity contribution in [1.82, 2.24) is 10.2 Å². The molecule has 0 saturated carbocycles. The van der Waals surface area contributed by atoms with E-state index in [0.29, 0.717) is 11.7 Å². The minimum Gasteiger partial charge on any atom is -0.357 e. The maximum Gasteiger partial charge on any atom is 0.169 e. The van der Waals surface area contributed by atoms with E-state index in [1.807, 2.05) is 35.2 Å². The van der Waals surface area contributed by atoms with Crippen molar-refractivity contribution in [3.8, 4) is 0 Å². The first-order valence-electron chi connectivity index (χ1n) is 5.87. The van der Waals surface area contributed by atoms with E-state index in [9.17, 15) is 8.42 Å². The highest BCUT2D eigenvalue weighted by molar-refractivity contribution is 7.91. The third-order valence-corrected chi connectivity index (χ3v) is 5.56. The van der Waals surface area contributed by atoms with Gasteiger partial charge < -0.3 is 10.2 Å². The van der Waals surface area contributed by atoms with Crippen LogP contribution in [0.5, 0.6) is 0 Å². The molecule has 18 heavy (non-hydrogen) atoms. The number of thiocarbonyl (C=S) groups is 1. The zero-order valence-electron chi connectivity index (χ0n) is 9.74. The van der Waals surface area contributed by atoms with Crippen LogP contribution in [0.2, 0.25) is 0 Å². The first kappa shape index (κ1) is 11.9. The summed E-state index contributed by atoms with van der Waals surface area (Å²) >= 11 is 5.29. The van der Waals surface area contributed by atoms with Gasteiger partial charge in [0.25, 0.3) is 0 Å². The lowest BCUT2D eigenvalue weighted by molar-refractivity contribution is 0.349. The Kier molecular flexibility index (Phi) is 2.79. The van der Waals surface area contributed by atoms with Crippen LogP contribution in [0.1, 0.15) is 5.56 Å². The largest absolute Gasteiger partial charge is 0.357 e. The first-order chi connectivity index (χ1) is 8.55. The molecule has 0 aromatic heterocycles. The summed E-state index contributed by atoms with van der Waals surface area (Å²) in [5.74, 6) is 0.404. The minimum atomic E-state index is -2.92. The van der Waals surface area contributed by atoms with Crippen LogP contribution in [-0.4, -0.2) is 42.0 Å². The van der Waals surface area contributed by atoms with Gasteiger partial charge in [-0.25, -0.2) is 8.42 Å². The van der Waals surface area contributed by atoms with Gasteiger partial charge in [0.05, 0.1) is 23.6 Å². The highest BCUT2D eigenvalue weighted by Crippen LogP contribution is 2.25. The molecule has 4 nitrogen and oxygen atoms in total. The monoisotopic (exact) mass is 282 g/mol. The van der Waals surface area contributed by atoms with Crippen molar-refractivity contribution in [2.24, 2.45) is 0 Å². The molecule has 0 amide bonds. The molecular weight excluding hydrogens is 268 g/mol. The van der Waals surface area contributed by atoms with E-state index in [4.69, 9.17) is 12.2 Å². The highest BCUT2D eigenvalue weighted by atomic mass is 32.2. The molecule has 3 rings (SSSR count). The average molecular weight is 282 g/mol. The number of nitrogens with zero attached hydrogens (tertiary/aromatic N) is 1. The number of hydrogen-bond donors (Lipinski definition) is 1. The second-order valence-corrected chi connectivity index (χ2v) is 7.35. The molecule has 0 radical (unpaired) electrons. The number of benzene rings is 1. The SMILES string of the molecule is O=S1(=O)C[C@H]2NC(=S)N(Cc3ccccc3)[C@H]2C1. The third kappa shape index (κ3) is 2.10. The second-order valence-electron chi connectivity index (χ2n) is 4.81. The quantitative estimate of drug-likeness (QED) is 0.803. The summed E-state index contributed by atoms with van der Waals surface area (Å²) < 4.78 is 23.3. The topological polar surface area (TPSA) is 49.4 Å². The molecule has 0 aliphatic carbocycles. The van der Waals surface area contributed by atoms with Crippen LogP contribution in [0, 0.1) is 0 Å². The Morgan fingerprint density at radius 3 is 2.72 bits per heavy atom. The summed E-state index contributed by atoms with van der Waals surface area (Å²) in [6.07, 6.45) is 0. The number of hydrogen-bond acceptors (Lipinski definition) is 3. The van der Waals surface area contributed by atoms with Crippen LogP contribution in [0.25, 0.3) is 0 Å². The number of fused-ring (bicyclic) bond motifs is 1. The predicted octanol–water partition coefficient (Wildman–Crippen LogP) is 0.542. The van der Waals surface area contributed by atoms with Crippen molar-refractivity contribution in [3.63, 3.8) is 0 Å². The molecule has 0 bridgehead atoms. The van der Waals surface area contributed by atoms with Crippen LogP contribution >= 0.6 is 12.2 Å². The standard InChI is InChI=1S/C12H14N2O2S2/c15-18(16)7-10-11(8-18)14(12(17)13-10)6-9-4-2-1-3-5-9/h1-5,10-11H,6-8H2,(H,13,17)/t10-,11+/m1/s1. The van der Waals surface area contributed by atoms with Crippen LogP contribution < -0.4 is 5.32 Å². The summed E-state index contributed by atoms with van der Waals surface area (Å²) in [6.45, 7) is 0.670. The van der Waals surface area contributed by atoms with E-state index in [-0.39, 0.29) is 23.6 Å². The normalized spacial score (nSPS) is 29.1. The Morgan fingerprint density at radius 2 is 2.00 bits per heavy atom. The van der Waals surface area contributed by atoms with Crippen molar-refractivity contribution in [2.45, 2.75) is 18.6 Å². The van der Waals surface area contributed by atoms with Gasteiger partial charge in [-0.1, -0.05) is 30.3 Å². The summed E-state index contributed by atoms with van der Waals surface area (Å²) in [5.41, 5.74) is 1.14. The Bertz CT molecular complexity index is 571. The molecule has 2 aliphatic rings. The van der Waals surface area contributed by atoms with Gasteiger partial charge in [-0.2, -0.15) is 0 Å². The number of rotatable bonds is 2. The summed E-state index contributed by atoms with van der Waals surface area (Å²) in [6, 6.07) is 9.93. The lowest BCUT2D eigenvalue weighted by Crippen LogP contribution is -2.36. The summed E-state index contributed by atoms with van der Waals surface area (Å²) in [5, 5.41) is 3.79. The smallest absolute Gasteiger partial charge is 0.169 e. The van der Waals surface area contributed by atoms with E-state index < -0.39 is 9.84 Å². The molecule has 2 fully saturated rings. The molecule has 1 aromatic rings. The van der Waals surface area contributed by atoms with Gasteiger partial charge in [0.1, 0.15) is 0 Å². The van der Waals surface area contributed by atoms with Crippen LogP contribution in [-0.2, 0) is 16.4 Å². The fourth-order valence-corrected chi connectivity index (χ4v) is 4.91. The summed E-state index contributed by atoms with van der Waals surface area (Å²) in [4.78, 5) is 2.00. The van der Waals surface area contributed by atoms with Gasteiger partial charge >= 0.3 is 0 Å². The van der Waals surface area contributed by atoms with E-state index in [1.54, 1.807) is 0 Å². The summed E-state index contributed by atoms with van der Waals surface area (Å²) in [7, 11) is -2.92. The van der Waals surface area contributed by atoms with Crippen molar-refractivity contribution in [1.29, 1.82) is 0 Å². The average Bonchev–Trinajstić information content (AvgIpc) is 2.74. The number of sulfone groups is 1. The second kappa shape index (κ2) is 4.20. The first-order valence-corrected chi connectivity index (χ1v) is 8.10. The maximum absolute atomic E-state index is 11.6. The molecule has 0 spiro atoms. The van der Waals surface area contributed by atoms with Gasteiger partial charge in [-0.15, -0.1) is 0 Å². The van der Waals surface area contributed by atoms with E-state index in [0.717, 1.165) is 5.56 Å². The Labute approximate surface area is 112 Å². The van der Waals surface area contributed by atoms with E-state index >= 15 is 0 Å². The van der Waals surface area contributed by atoms with Crippen LogP contribution in [0.15, 0.2) is 30.3 Å². The molecule has 6 heteroatoms. The van der Waals surface area contributed by atoms with Gasteiger partial charge in [-0.3, -0.25) is 0 Å². The van der Waals surface area contributed by atoms with Gasteiger partial charge in [0.2, 0.25) is 0 Å². The molecular formula is C12H14N2O2S2. The fourth-order valence-electron chi connectivity index (χ4n) is 2.64. The van der Waals surface area contributed by atoms with E-state index in [1.165, 1.54) is 0 Å². The van der Waals surface area contributed by atoms with Crippen molar-refractivity contribution >= 4 is 27.2 Å². The zero-order valence-corrected chi connectivity index (χ0v) is 11.4. The molecule has 2 heterocycles. The van der Waals surface area contributed by atoms with Crippen molar-refractivity contribution < 1.29 is 8.42 Å². The lowest BCUT2D eigenvalue weighted by Gasteiger charge is -2.23. The van der Waals surface area contributed by atoms with Crippen LogP contribution in [0.3, 0.4) is 0 Å². The molecule has 1 aromatic carbocycles. The van der Waals surface area contributed by atoms with Gasteiger partial charge in [0, 0.05) is 6.54 Å². The van der Waals surface area contributed by atoms with Crippen LogP contribution in [0.4, 0.5) is 0 Å². The highest BCUT2D eigenvalue weighted by Gasteiger charge is 2.46. The van der Waals surface area contributed by atoms with Gasteiger partial charge in [0.15, 0.2) is 14.9 Å². The Balaban J connectivity index is 1.82.